The lowest BCUT2D eigenvalue weighted by molar-refractivity contribution is -0.132. The molecule has 3 aliphatic rings. The van der Waals surface area contributed by atoms with Gasteiger partial charge in [-0.05, 0) is 53.8 Å². The van der Waals surface area contributed by atoms with Crippen molar-refractivity contribution in [2.24, 2.45) is 0 Å². The van der Waals surface area contributed by atoms with Gasteiger partial charge in [-0.3, -0.25) is 24.5 Å². The molecule has 2 unspecified atom stereocenters. The van der Waals surface area contributed by atoms with Gasteiger partial charge >= 0.3 is 0 Å². The quantitative estimate of drug-likeness (QED) is 0.309. The van der Waals surface area contributed by atoms with Gasteiger partial charge in [0.1, 0.15) is 11.9 Å². The molecule has 0 fully saturated rings. The molecule has 1 spiro atoms. The number of amides is 3. The number of fused-ring (bicyclic) bond motifs is 3. The number of H-pyrrole nitrogens is 1. The smallest absolute Gasteiger partial charge is 0.253 e. The molecule has 3 amide bonds. The van der Waals surface area contributed by atoms with Gasteiger partial charge in [-0.15, -0.1) is 0 Å². The lowest BCUT2D eigenvalue weighted by Crippen LogP contribution is -2.49. The highest BCUT2D eigenvalue weighted by molar-refractivity contribution is 6.06. The molecule has 1 aromatic carbocycles. The number of carbonyl (C=O) groups is 3. The van der Waals surface area contributed by atoms with Crippen LogP contribution in [-0.2, 0) is 43.7 Å². The van der Waals surface area contributed by atoms with Crippen molar-refractivity contribution in [3.8, 4) is 0 Å². The molecule has 3 N–H and O–H groups in total. The number of aryl methyl sites for hydroxylation is 1. The molecule has 4 aromatic rings. The van der Waals surface area contributed by atoms with Crippen LogP contribution < -0.4 is 10.6 Å². The van der Waals surface area contributed by atoms with Crippen molar-refractivity contribution in [1.82, 2.24) is 30.4 Å². The molecule has 2 aliphatic heterocycles. The molecule has 5 bridgehead atoms. The zero-order chi connectivity index (χ0) is 31.8. The predicted octanol–water partition coefficient (Wildman–Crippen LogP) is 2.51. The van der Waals surface area contributed by atoms with E-state index in [1.165, 1.54) is 6.20 Å². The average Bonchev–Trinajstić information content (AvgIpc) is 3.75. The first-order valence-corrected chi connectivity index (χ1v) is 15.4. The van der Waals surface area contributed by atoms with Gasteiger partial charge in [-0.25, -0.2) is 4.98 Å². The van der Waals surface area contributed by atoms with Crippen molar-refractivity contribution < 1.29 is 23.9 Å². The number of pyridine rings is 2. The maximum Gasteiger partial charge on any atom is 0.253 e. The SMILES string of the molecule is Cc1cc(CC2NC(=O)c3cnc4c(c3)CC3(C4)C(=O)Nc4ncc(cc43)C=CCOCCOCCN(C)C2=O)cc2cn[nH]c12. The minimum atomic E-state index is -0.855. The minimum absolute atomic E-state index is 0.128. The highest BCUT2D eigenvalue weighted by atomic mass is 16.5. The maximum absolute atomic E-state index is 13.8. The van der Waals surface area contributed by atoms with Crippen molar-refractivity contribution in [2.45, 2.75) is 37.6 Å². The number of aromatic amines is 1. The first-order valence-electron chi connectivity index (χ1n) is 15.4. The Bertz CT molecular complexity index is 1880. The van der Waals surface area contributed by atoms with E-state index >= 15 is 0 Å². The summed E-state index contributed by atoms with van der Waals surface area (Å²) in [7, 11) is 1.70. The van der Waals surface area contributed by atoms with E-state index in [1.807, 2.05) is 37.3 Å². The second-order valence-corrected chi connectivity index (χ2v) is 12.2. The zero-order valence-corrected chi connectivity index (χ0v) is 25.8. The van der Waals surface area contributed by atoms with Gasteiger partial charge in [0, 0.05) is 55.5 Å². The molecule has 236 valence electrons. The summed E-state index contributed by atoms with van der Waals surface area (Å²) in [5.74, 6) is -0.229. The molecule has 12 nitrogen and oxygen atoms in total. The molecule has 3 aromatic heterocycles. The monoisotopic (exact) mass is 621 g/mol. The van der Waals surface area contributed by atoms with E-state index in [0.717, 1.165) is 44.4 Å². The fraction of sp³-hybridized carbons (Fsp3) is 0.353. The average molecular weight is 622 g/mol. The van der Waals surface area contributed by atoms with Crippen molar-refractivity contribution in [3.63, 3.8) is 0 Å². The van der Waals surface area contributed by atoms with E-state index in [9.17, 15) is 14.4 Å². The first-order chi connectivity index (χ1) is 22.3. The Morgan fingerprint density at radius 3 is 2.76 bits per heavy atom. The summed E-state index contributed by atoms with van der Waals surface area (Å²) >= 11 is 0. The highest BCUT2D eigenvalue weighted by Gasteiger charge is 2.52. The van der Waals surface area contributed by atoms with Crippen molar-refractivity contribution in [3.05, 3.63) is 88.0 Å². The van der Waals surface area contributed by atoms with Crippen LogP contribution in [0.4, 0.5) is 5.82 Å². The molecule has 0 radical (unpaired) electrons. The Balaban J connectivity index is 1.20. The molecule has 46 heavy (non-hydrogen) atoms. The molecule has 7 rings (SSSR count). The Morgan fingerprint density at radius 2 is 1.87 bits per heavy atom. The molecule has 5 heterocycles. The van der Waals surface area contributed by atoms with Crippen LogP contribution in [0, 0.1) is 6.92 Å². The lowest BCUT2D eigenvalue weighted by atomic mass is 9.79. The summed E-state index contributed by atoms with van der Waals surface area (Å²) in [6, 6.07) is 6.92. The van der Waals surface area contributed by atoms with E-state index in [4.69, 9.17) is 9.47 Å². The molecule has 2 atom stereocenters. The molecule has 0 saturated heterocycles. The summed E-state index contributed by atoms with van der Waals surface area (Å²) in [4.78, 5) is 51.7. The van der Waals surface area contributed by atoms with Crippen LogP contribution in [0.2, 0.25) is 0 Å². The van der Waals surface area contributed by atoms with E-state index in [0.29, 0.717) is 57.2 Å². The second-order valence-electron chi connectivity index (χ2n) is 12.2. The van der Waals surface area contributed by atoms with Crippen molar-refractivity contribution >= 4 is 40.5 Å². The number of carbonyl (C=O) groups excluding carboxylic acids is 3. The summed E-state index contributed by atoms with van der Waals surface area (Å²) in [6.45, 7) is 3.82. The highest BCUT2D eigenvalue weighted by Crippen LogP contribution is 2.46. The molecular formula is C34H35N7O5. The molecule has 12 heteroatoms. The van der Waals surface area contributed by atoms with Gasteiger partial charge in [0.15, 0.2) is 0 Å². The third-order valence-corrected chi connectivity index (χ3v) is 9.07. The van der Waals surface area contributed by atoms with E-state index in [2.05, 4.69) is 30.8 Å². The number of nitrogens with one attached hydrogen (secondary N) is 3. The number of benzene rings is 1. The van der Waals surface area contributed by atoms with Crippen LogP contribution in [0.3, 0.4) is 0 Å². The maximum atomic E-state index is 13.8. The molecule has 0 saturated carbocycles. The fourth-order valence-electron chi connectivity index (χ4n) is 6.63. The largest absolute Gasteiger partial charge is 0.377 e. The normalized spacial score (nSPS) is 22.1. The van der Waals surface area contributed by atoms with Crippen LogP contribution >= 0.6 is 0 Å². The van der Waals surface area contributed by atoms with E-state index < -0.39 is 17.4 Å². The topological polar surface area (TPSA) is 151 Å². The number of aromatic nitrogens is 4. The summed E-state index contributed by atoms with van der Waals surface area (Å²) in [5.41, 5.74) is 5.58. The van der Waals surface area contributed by atoms with Crippen LogP contribution in [0.1, 0.15) is 43.9 Å². The summed E-state index contributed by atoms with van der Waals surface area (Å²) in [5, 5.41) is 14.0. The van der Waals surface area contributed by atoms with Gasteiger partial charge in [-0.2, -0.15) is 5.10 Å². The van der Waals surface area contributed by atoms with Gasteiger partial charge in [0.25, 0.3) is 5.91 Å². The molecule has 1 aliphatic carbocycles. The van der Waals surface area contributed by atoms with Gasteiger partial charge in [0.2, 0.25) is 11.8 Å². The summed E-state index contributed by atoms with van der Waals surface area (Å²) < 4.78 is 11.4. The van der Waals surface area contributed by atoms with Crippen LogP contribution in [0.15, 0.2) is 48.9 Å². The number of likely N-dealkylation sites (N-methyl/N-ethyl adjacent to an activating group) is 1. The Labute approximate surface area is 265 Å². The third-order valence-electron chi connectivity index (χ3n) is 9.07. The summed E-state index contributed by atoms with van der Waals surface area (Å²) in [6.07, 6.45) is 9.90. The number of nitrogens with zero attached hydrogens (tertiary/aromatic N) is 4. The second kappa shape index (κ2) is 12.1. The lowest BCUT2D eigenvalue weighted by Gasteiger charge is -2.25. The van der Waals surface area contributed by atoms with Crippen LogP contribution in [0.5, 0.6) is 0 Å². The van der Waals surface area contributed by atoms with E-state index in [1.54, 1.807) is 30.4 Å². The van der Waals surface area contributed by atoms with E-state index in [-0.39, 0.29) is 18.2 Å². The van der Waals surface area contributed by atoms with Gasteiger partial charge in [0.05, 0.1) is 49.1 Å². The van der Waals surface area contributed by atoms with Crippen molar-refractivity contribution in [1.29, 1.82) is 0 Å². The number of hydrogen-bond acceptors (Lipinski definition) is 8. The van der Waals surface area contributed by atoms with Gasteiger partial charge < -0.3 is 25.0 Å². The first kappa shape index (κ1) is 29.8. The third kappa shape index (κ3) is 5.54. The van der Waals surface area contributed by atoms with Gasteiger partial charge in [-0.1, -0.05) is 18.2 Å². The molecular weight excluding hydrogens is 586 g/mol. The number of anilines is 1. The Morgan fingerprint density at radius 1 is 1.00 bits per heavy atom. The zero-order valence-electron chi connectivity index (χ0n) is 25.8. The fourth-order valence-corrected chi connectivity index (χ4v) is 6.63. The minimum Gasteiger partial charge on any atom is -0.377 e. The standard InChI is InChI=1S/C34H35N7O5/c1-20-10-22(11-24-19-37-40-29(20)24)13-27-32(43)41(2)5-7-46-9-8-45-6-3-4-21-12-26-30(36-17-21)39-33(44)34(26)15-23-14-25(31(42)38-27)18-35-28(23)16-34/h3-4,10-12,14,17-19,27H,5-9,13,15-16H2,1-2H3,(H,37,40)(H,38,42)(H,36,39,44). The number of hydrogen-bond donors (Lipinski definition) is 3. The van der Waals surface area contributed by atoms with Crippen LogP contribution in [0.25, 0.3) is 17.0 Å². The number of rotatable bonds is 2. The predicted molar refractivity (Wildman–Crippen MR) is 170 cm³/mol. The Kier molecular flexibility index (Phi) is 7.83. The number of ether oxygens (including phenoxy) is 2. The van der Waals surface area contributed by atoms with Crippen LogP contribution in [-0.4, -0.2) is 88.8 Å². The Hall–Kier alpha value is -4.94. The van der Waals surface area contributed by atoms with Crippen molar-refractivity contribution in [2.75, 3.05) is 45.3 Å².